The van der Waals surface area contributed by atoms with Crippen LogP contribution >= 0.6 is 0 Å². The van der Waals surface area contributed by atoms with E-state index in [9.17, 15) is 19.3 Å². The molecular weight excluding hydrogens is 339 g/mol. The van der Waals surface area contributed by atoms with Gasteiger partial charge in [-0.25, -0.2) is 9.82 Å². The van der Waals surface area contributed by atoms with Crippen molar-refractivity contribution in [2.24, 2.45) is 5.92 Å². The zero-order chi connectivity index (χ0) is 18.3. The minimum absolute atomic E-state index is 0.0131. The molecule has 4 atom stereocenters. The summed E-state index contributed by atoms with van der Waals surface area (Å²) in [4.78, 5) is 26.0. The predicted octanol–water partition coefficient (Wildman–Crippen LogP) is 1.61. The average molecular weight is 362 g/mol. The molecule has 1 saturated heterocycles. The summed E-state index contributed by atoms with van der Waals surface area (Å²) in [6.07, 6.45) is 3.61. The van der Waals surface area contributed by atoms with E-state index in [-0.39, 0.29) is 34.6 Å². The summed E-state index contributed by atoms with van der Waals surface area (Å²) >= 11 is 0. The van der Waals surface area contributed by atoms with Gasteiger partial charge >= 0.3 is 0 Å². The SMILES string of the molecule is O=C(C1NNC2CCC([N+](=O)[O-])CC21)N(Cc1ccc(F)cc1)C1CC1. The fourth-order valence-corrected chi connectivity index (χ4v) is 4.21. The second-order valence-corrected chi connectivity index (χ2v) is 7.61. The van der Waals surface area contributed by atoms with Crippen molar-refractivity contribution in [1.29, 1.82) is 0 Å². The van der Waals surface area contributed by atoms with Crippen LogP contribution in [0.4, 0.5) is 4.39 Å². The van der Waals surface area contributed by atoms with Gasteiger partial charge in [-0.1, -0.05) is 12.1 Å². The predicted molar refractivity (Wildman–Crippen MR) is 91.9 cm³/mol. The number of amides is 1. The molecule has 3 fully saturated rings. The Balaban J connectivity index is 1.49. The first-order valence-electron chi connectivity index (χ1n) is 9.22. The van der Waals surface area contributed by atoms with Crippen molar-refractivity contribution in [2.75, 3.05) is 0 Å². The van der Waals surface area contributed by atoms with E-state index in [0.717, 1.165) is 18.4 Å². The molecule has 1 heterocycles. The molecular formula is C18H23FN4O3. The maximum Gasteiger partial charge on any atom is 0.241 e. The highest BCUT2D eigenvalue weighted by molar-refractivity contribution is 5.83. The molecule has 0 bridgehead atoms. The second-order valence-electron chi connectivity index (χ2n) is 7.61. The second kappa shape index (κ2) is 6.92. The van der Waals surface area contributed by atoms with Crippen molar-refractivity contribution in [2.45, 2.75) is 62.8 Å². The molecule has 3 aliphatic rings. The molecule has 1 amide bonds. The molecule has 140 valence electrons. The number of carbonyl (C=O) groups excluding carboxylic acids is 1. The van der Waals surface area contributed by atoms with Crippen molar-refractivity contribution >= 4 is 5.91 Å². The number of hydrogen-bond acceptors (Lipinski definition) is 5. The van der Waals surface area contributed by atoms with Crippen molar-refractivity contribution in [3.05, 3.63) is 45.8 Å². The minimum Gasteiger partial charge on any atom is -0.334 e. The maximum absolute atomic E-state index is 13.2. The number of hydrogen-bond donors (Lipinski definition) is 2. The van der Waals surface area contributed by atoms with Crippen LogP contribution in [0.3, 0.4) is 0 Å². The third-order valence-electron chi connectivity index (χ3n) is 5.83. The van der Waals surface area contributed by atoms with Gasteiger partial charge in [0.25, 0.3) is 0 Å². The zero-order valence-electron chi connectivity index (χ0n) is 14.4. The Kier molecular flexibility index (Phi) is 4.62. The number of halogens is 1. The first-order valence-corrected chi connectivity index (χ1v) is 9.22. The number of nitro groups is 1. The number of hydrazine groups is 1. The fourth-order valence-electron chi connectivity index (χ4n) is 4.21. The quantitative estimate of drug-likeness (QED) is 0.614. The highest BCUT2D eigenvalue weighted by atomic mass is 19.1. The van der Waals surface area contributed by atoms with E-state index in [1.807, 2.05) is 4.90 Å². The smallest absolute Gasteiger partial charge is 0.241 e. The Morgan fingerprint density at radius 1 is 1.19 bits per heavy atom. The largest absolute Gasteiger partial charge is 0.334 e. The van der Waals surface area contributed by atoms with E-state index in [4.69, 9.17) is 0 Å². The first kappa shape index (κ1) is 17.4. The molecule has 7 nitrogen and oxygen atoms in total. The number of fused-ring (bicyclic) bond motifs is 1. The Bertz CT molecular complexity index is 694. The fraction of sp³-hybridized carbons (Fsp3) is 0.611. The minimum atomic E-state index is -0.570. The standard InChI is InChI=1S/C18H23FN4O3/c19-12-3-1-11(2-4-12)10-22(13-5-6-13)18(24)17-15-9-14(23(25)26)7-8-16(15)20-21-17/h1-4,13-17,20-21H,5-10H2. The molecule has 8 heteroatoms. The first-order chi connectivity index (χ1) is 12.5. The molecule has 0 aromatic heterocycles. The Morgan fingerprint density at radius 3 is 2.58 bits per heavy atom. The Labute approximate surface area is 151 Å². The van der Waals surface area contributed by atoms with Crippen LogP contribution in [0.5, 0.6) is 0 Å². The van der Waals surface area contributed by atoms with Crippen LogP contribution in [-0.4, -0.2) is 39.9 Å². The summed E-state index contributed by atoms with van der Waals surface area (Å²) in [5, 5.41) is 11.2. The average Bonchev–Trinajstić information content (AvgIpc) is 3.38. The van der Waals surface area contributed by atoms with Crippen LogP contribution < -0.4 is 10.9 Å². The molecule has 1 aromatic rings. The van der Waals surface area contributed by atoms with E-state index >= 15 is 0 Å². The topological polar surface area (TPSA) is 87.5 Å². The molecule has 2 aliphatic carbocycles. The third kappa shape index (κ3) is 3.43. The van der Waals surface area contributed by atoms with Gasteiger partial charge in [0.1, 0.15) is 11.9 Å². The summed E-state index contributed by atoms with van der Waals surface area (Å²) in [6, 6.07) is 5.51. The van der Waals surface area contributed by atoms with Crippen molar-refractivity contribution in [3.63, 3.8) is 0 Å². The molecule has 0 radical (unpaired) electrons. The molecule has 26 heavy (non-hydrogen) atoms. The monoisotopic (exact) mass is 362 g/mol. The molecule has 4 unspecified atom stereocenters. The van der Waals surface area contributed by atoms with Gasteiger partial charge in [0, 0.05) is 42.3 Å². The maximum atomic E-state index is 13.2. The van der Waals surface area contributed by atoms with Gasteiger partial charge in [-0.05, 0) is 37.0 Å². The summed E-state index contributed by atoms with van der Waals surface area (Å²) in [5.74, 6) is -0.377. The van der Waals surface area contributed by atoms with Gasteiger partial charge in [0.2, 0.25) is 11.9 Å². The van der Waals surface area contributed by atoms with Crippen LogP contribution in [0, 0.1) is 21.8 Å². The Morgan fingerprint density at radius 2 is 1.92 bits per heavy atom. The molecule has 2 saturated carbocycles. The summed E-state index contributed by atoms with van der Waals surface area (Å²) in [5.41, 5.74) is 7.15. The van der Waals surface area contributed by atoms with E-state index in [1.54, 1.807) is 12.1 Å². The number of nitrogens with one attached hydrogen (secondary N) is 2. The van der Waals surface area contributed by atoms with Crippen molar-refractivity contribution < 1.29 is 14.1 Å². The van der Waals surface area contributed by atoms with Crippen LogP contribution in [-0.2, 0) is 11.3 Å². The van der Waals surface area contributed by atoms with Gasteiger partial charge in [-0.15, -0.1) is 0 Å². The van der Waals surface area contributed by atoms with Gasteiger partial charge in [0.05, 0.1) is 0 Å². The lowest BCUT2D eigenvalue weighted by Gasteiger charge is -2.31. The normalized spacial score (nSPS) is 30.7. The lowest BCUT2D eigenvalue weighted by atomic mass is 9.79. The van der Waals surface area contributed by atoms with Gasteiger partial charge in [-0.2, -0.15) is 0 Å². The summed E-state index contributed by atoms with van der Waals surface area (Å²) in [7, 11) is 0. The highest BCUT2D eigenvalue weighted by Crippen LogP contribution is 2.35. The molecule has 2 N–H and O–H groups in total. The van der Waals surface area contributed by atoms with Crippen molar-refractivity contribution in [1.82, 2.24) is 15.8 Å². The van der Waals surface area contributed by atoms with Gasteiger partial charge < -0.3 is 4.90 Å². The lowest BCUT2D eigenvalue weighted by molar-refractivity contribution is -0.528. The van der Waals surface area contributed by atoms with E-state index in [2.05, 4.69) is 10.9 Å². The van der Waals surface area contributed by atoms with Gasteiger partial charge in [-0.3, -0.25) is 20.3 Å². The molecule has 0 spiro atoms. The van der Waals surface area contributed by atoms with E-state index < -0.39 is 12.1 Å². The number of benzene rings is 1. The van der Waals surface area contributed by atoms with Crippen molar-refractivity contribution in [3.8, 4) is 0 Å². The molecule has 4 rings (SSSR count). The number of nitrogens with zero attached hydrogens (tertiary/aromatic N) is 2. The van der Waals surface area contributed by atoms with Crippen LogP contribution in [0.1, 0.15) is 37.7 Å². The molecule has 1 aliphatic heterocycles. The van der Waals surface area contributed by atoms with E-state index in [1.165, 1.54) is 12.1 Å². The molecule has 1 aromatic carbocycles. The third-order valence-corrected chi connectivity index (χ3v) is 5.83. The zero-order valence-corrected chi connectivity index (χ0v) is 14.4. The van der Waals surface area contributed by atoms with Crippen LogP contribution in [0.25, 0.3) is 0 Å². The van der Waals surface area contributed by atoms with Crippen LogP contribution in [0.15, 0.2) is 24.3 Å². The Hall–Kier alpha value is -2.06. The van der Waals surface area contributed by atoms with Crippen LogP contribution in [0.2, 0.25) is 0 Å². The van der Waals surface area contributed by atoms with Gasteiger partial charge in [0.15, 0.2) is 0 Å². The number of rotatable bonds is 5. The van der Waals surface area contributed by atoms with E-state index in [0.29, 0.717) is 25.8 Å². The highest BCUT2D eigenvalue weighted by Gasteiger charge is 2.49. The summed E-state index contributed by atoms with van der Waals surface area (Å²) in [6.45, 7) is 0.442. The summed E-state index contributed by atoms with van der Waals surface area (Å²) < 4.78 is 13.1. The lowest BCUT2D eigenvalue weighted by Crippen LogP contribution is -2.49. The number of carbonyl (C=O) groups is 1.